The number of hydrogen-bond donors (Lipinski definition) is 1. The summed E-state index contributed by atoms with van der Waals surface area (Å²) in [6, 6.07) is 12.8. The Morgan fingerprint density at radius 1 is 1.12 bits per heavy atom. The first-order valence-electron chi connectivity index (χ1n) is 8.42. The number of morpholine rings is 1. The summed E-state index contributed by atoms with van der Waals surface area (Å²) < 4.78 is 10.8. The lowest BCUT2D eigenvalue weighted by Gasteiger charge is -2.35. The van der Waals surface area contributed by atoms with Crippen molar-refractivity contribution in [1.82, 2.24) is 15.2 Å². The van der Waals surface area contributed by atoms with Crippen molar-refractivity contribution in [2.45, 2.75) is 12.6 Å². The predicted molar refractivity (Wildman–Crippen MR) is 94.1 cm³/mol. The maximum atomic E-state index is 5.51. The Balaban J connectivity index is 1.66. The van der Waals surface area contributed by atoms with Gasteiger partial charge in [0.05, 0.1) is 20.3 Å². The molecule has 2 aromatic rings. The molecule has 3 rings (SSSR count). The number of ether oxygens (including phenoxy) is 2. The second kappa shape index (κ2) is 8.78. The van der Waals surface area contributed by atoms with Crippen molar-refractivity contribution in [3.63, 3.8) is 0 Å². The predicted octanol–water partition coefficient (Wildman–Crippen LogP) is 2.25. The van der Waals surface area contributed by atoms with Crippen LogP contribution in [0.1, 0.15) is 17.2 Å². The number of aromatic nitrogens is 1. The van der Waals surface area contributed by atoms with Crippen molar-refractivity contribution in [3.05, 3.63) is 59.9 Å². The molecule has 1 N–H and O–H groups in total. The van der Waals surface area contributed by atoms with Gasteiger partial charge in [0.1, 0.15) is 5.75 Å². The van der Waals surface area contributed by atoms with E-state index in [9.17, 15) is 0 Å². The van der Waals surface area contributed by atoms with Crippen molar-refractivity contribution in [1.29, 1.82) is 0 Å². The van der Waals surface area contributed by atoms with E-state index in [0.717, 1.165) is 45.1 Å². The molecule has 5 heteroatoms. The number of methoxy groups -OCH3 is 1. The van der Waals surface area contributed by atoms with E-state index < -0.39 is 0 Å². The van der Waals surface area contributed by atoms with E-state index in [1.807, 2.05) is 36.7 Å². The molecule has 1 aliphatic heterocycles. The minimum Gasteiger partial charge on any atom is -0.497 e. The molecule has 128 valence electrons. The Bertz CT molecular complexity index is 598. The third-order valence-corrected chi connectivity index (χ3v) is 4.40. The van der Waals surface area contributed by atoms with E-state index in [1.165, 1.54) is 11.1 Å². The van der Waals surface area contributed by atoms with Crippen LogP contribution >= 0.6 is 0 Å². The molecule has 0 saturated carbocycles. The molecule has 2 heterocycles. The molecule has 0 bridgehead atoms. The van der Waals surface area contributed by atoms with Gasteiger partial charge in [0.25, 0.3) is 0 Å². The van der Waals surface area contributed by atoms with Crippen LogP contribution in [0.15, 0.2) is 48.8 Å². The van der Waals surface area contributed by atoms with E-state index in [0.29, 0.717) is 6.04 Å². The van der Waals surface area contributed by atoms with Gasteiger partial charge in [-0.05, 0) is 35.4 Å². The van der Waals surface area contributed by atoms with Crippen LogP contribution in [-0.4, -0.2) is 49.8 Å². The average Bonchev–Trinajstić information content (AvgIpc) is 2.67. The molecule has 5 nitrogen and oxygen atoms in total. The highest BCUT2D eigenvalue weighted by Gasteiger charge is 2.22. The third-order valence-electron chi connectivity index (χ3n) is 4.40. The molecular weight excluding hydrogens is 302 g/mol. The van der Waals surface area contributed by atoms with E-state index in [1.54, 1.807) is 7.11 Å². The minimum atomic E-state index is 0.335. The Kier molecular flexibility index (Phi) is 6.18. The molecule has 1 aliphatic rings. The quantitative estimate of drug-likeness (QED) is 0.845. The van der Waals surface area contributed by atoms with E-state index in [4.69, 9.17) is 9.47 Å². The first-order chi connectivity index (χ1) is 11.9. The SMILES string of the molecule is COc1ccc(C(CNCc2ccncc2)N2CCOCC2)cc1. The average molecular weight is 327 g/mol. The molecule has 1 fully saturated rings. The third kappa shape index (κ3) is 4.54. The summed E-state index contributed by atoms with van der Waals surface area (Å²) >= 11 is 0. The summed E-state index contributed by atoms with van der Waals surface area (Å²) in [6.07, 6.45) is 3.67. The number of benzene rings is 1. The highest BCUT2D eigenvalue weighted by atomic mass is 16.5. The Labute approximate surface area is 143 Å². The highest BCUT2D eigenvalue weighted by molar-refractivity contribution is 5.29. The topological polar surface area (TPSA) is 46.6 Å². The molecule has 0 amide bonds. The van der Waals surface area contributed by atoms with Crippen molar-refractivity contribution >= 4 is 0 Å². The van der Waals surface area contributed by atoms with E-state index in [-0.39, 0.29) is 0 Å². The smallest absolute Gasteiger partial charge is 0.118 e. The molecule has 1 unspecified atom stereocenters. The van der Waals surface area contributed by atoms with Crippen LogP contribution in [0.3, 0.4) is 0 Å². The Morgan fingerprint density at radius 3 is 2.50 bits per heavy atom. The maximum absolute atomic E-state index is 5.51. The number of nitrogens with one attached hydrogen (secondary N) is 1. The zero-order valence-electron chi connectivity index (χ0n) is 14.1. The fourth-order valence-electron chi connectivity index (χ4n) is 3.03. The lowest BCUT2D eigenvalue weighted by molar-refractivity contribution is 0.0161. The fraction of sp³-hybridized carbons (Fsp3) is 0.421. The second-order valence-corrected chi connectivity index (χ2v) is 5.92. The second-order valence-electron chi connectivity index (χ2n) is 5.92. The minimum absolute atomic E-state index is 0.335. The summed E-state index contributed by atoms with van der Waals surface area (Å²) in [5, 5.41) is 3.58. The summed E-state index contributed by atoms with van der Waals surface area (Å²) in [7, 11) is 1.70. The van der Waals surface area contributed by atoms with Gasteiger partial charge in [0.2, 0.25) is 0 Å². The van der Waals surface area contributed by atoms with Crippen LogP contribution in [0, 0.1) is 0 Å². The molecule has 0 radical (unpaired) electrons. The van der Waals surface area contributed by atoms with Gasteiger partial charge in [-0.15, -0.1) is 0 Å². The molecule has 0 spiro atoms. The zero-order valence-corrected chi connectivity index (χ0v) is 14.1. The van der Waals surface area contributed by atoms with Crippen LogP contribution in [0.4, 0.5) is 0 Å². The highest BCUT2D eigenvalue weighted by Crippen LogP contribution is 2.23. The summed E-state index contributed by atoms with van der Waals surface area (Å²) in [5.74, 6) is 0.893. The van der Waals surface area contributed by atoms with Crippen LogP contribution in [0.5, 0.6) is 5.75 Å². The lowest BCUT2D eigenvalue weighted by Crippen LogP contribution is -2.42. The summed E-state index contributed by atoms with van der Waals surface area (Å²) in [5.41, 5.74) is 2.56. The van der Waals surface area contributed by atoms with Crippen molar-refractivity contribution in [3.8, 4) is 5.75 Å². The number of hydrogen-bond acceptors (Lipinski definition) is 5. The maximum Gasteiger partial charge on any atom is 0.118 e. The monoisotopic (exact) mass is 327 g/mol. The van der Waals surface area contributed by atoms with Gasteiger partial charge < -0.3 is 14.8 Å². The van der Waals surface area contributed by atoms with Crippen molar-refractivity contribution in [2.24, 2.45) is 0 Å². The molecule has 1 saturated heterocycles. The van der Waals surface area contributed by atoms with Gasteiger partial charge in [0, 0.05) is 44.6 Å². The standard InChI is InChI=1S/C19H25N3O2/c1-23-18-4-2-17(3-5-18)19(22-10-12-24-13-11-22)15-21-14-16-6-8-20-9-7-16/h2-9,19,21H,10-15H2,1H3. The summed E-state index contributed by atoms with van der Waals surface area (Å²) in [4.78, 5) is 6.56. The van der Waals surface area contributed by atoms with Crippen LogP contribution in [-0.2, 0) is 11.3 Å². The van der Waals surface area contributed by atoms with Gasteiger partial charge in [-0.3, -0.25) is 9.88 Å². The largest absolute Gasteiger partial charge is 0.497 e. The van der Waals surface area contributed by atoms with Gasteiger partial charge in [-0.25, -0.2) is 0 Å². The molecule has 0 aliphatic carbocycles. The Hall–Kier alpha value is -1.95. The molecule has 24 heavy (non-hydrogen) atoms. The first kappa shape index (κ1) is 16.9. The normalized spacial score (nSPS) is 16.7. The van der Waals surface area contributed by atoms with Gasteiger partial charge in [-0.2, -0.15) is 0 Å². The number of nitrogens with zero attached hydrogens (tertiary/aromatic N) is 2. The number of pyridine rings is 1. The van der Waals surface area contributed by atoms with Crippen LogP contribution in [0.25, 0.3) is 0 Å². The molecule has 1 atom stereocenters. The Morgan fingerprint density at radius 2 is 1.83 bits per heavy atom. The van der Waals surface area contributed by atoms with E-state index >= 15 is 0 Å². The molecule has 1 aromatic carbocycles. The molecular formula is C19H25N3O2. The van der Waals surface area contributed by atoms with Crippen LogP contribution in [0.2, 0.25) is 0 Å². The van der Waals surface area contributed by atoms with Gasteiger partial charge in [-0.1, -0.05) is 12.1 Å². The number of rotatable bonds is 7. The summed E-state index contributed by atoms with van der Waals surface area (Å²) in [6.45, 7) is 5.28. The van der Waals surface area contributed by atoms with E-state index in [2.05, 4.69) is 27.3 Å². The fourth-order valence-corrected chi connectivity index (χ4v) is 3.03. The van der Waals surface area contributed by atoms with Gasteiger partial charge >= 0.3 is 0 Å². The van der Waals surface area contributed by atoms with Gasteiger partial charge in [0.15, 0.2) is 0 Å². The zero-order chi connectivity index (χ0) is 16.6. The lowest BCUT2D eigenvalue weighted by atomic mass is 10.0. The first-order valence-corrected chi connectivity index (χ1v) is 8.42. The molecule has 1 aromatic heterocycles. The van der Waals surface area contributed by atoms with Crippen molar-refractivity contribution < 1.29 is 9.47 Å². The van der Waals surface area contributed by atoms with Crippen LogP contribution < -0.4 is 10.1 Å². The van der Waals surface area contributed by atoms with Crippen molar-refractivity contribution in [2.75, 3.05) is 40.0 Å².